The minimum atomic E-state index is -3.71. The van der Waals surface area contributed by atoms with Gasteiger partial charge in [-0.2, -0.15) is 4.31 Å². The Balaban J connectivity index is 1.56. The molecule has 0 aliphatic carbocycles. The minimum Gasteiger partial charge on any atom is -0.354 e. The fourth-order valence-corrected chi connectivity index (χ4v) is 5.24. The first kappa shape index (κ1) is 23.3. The van der Waals surface area contributed by atoms with Crippen molar-refractivity contribution in [2.24, 2.45) is 5.92 Å². The second-order valence-electron chi connectivity index (χ2n) is 7.91. The van der Waals surface area contributed by atoms with Crippen LogP contribution in [0, 0.1) is 17.6 Å². The molecule has 168 valence electrons. The average molecular weight is 452 g/mol. The molecule has 3 rings (SSSR count). The van der Waals surface area contributed by atoms with Gasteiger partial charge in [0, 0.05) is 25.6 Å². The van der Waals surface area contributed by atoms with Crippen LogP contribution < -0.4 is 5.32 Å². The van der Waals surface area contributed by atoms with Gasteiger partial charge in [0.25, 0.3) is 0 Å². The van der Waals surface area contributed by atoms with E-state index in [1.807, 2.05) is 25.1 Å². The van der Waals surface area contributed by atoms with Gasteiger partial charge in [0.2, 0.25) is 15.9 Å². The topological polar surface area (TPSA) is 69.7 Å². The van der Waals surface area contributed by atoms with Gasteiger partial charge in [0.05, 0.1) is 10.9 Å². The third-order valence-electron chi connectivity index (χ3n) is 5.60. The molecule has 0 saturated carbocycles. The number of benzene rings is 2. The van der Waals surface area contributed by atoms with E-state index in [-0.39, 0.29) is 41.7 Å². The molecule has 1 fully saturated rings. The Morgan fingerprint density at radius 3 is 2.32 bits per heavy atom. The molecule has 0 radical (unpaired) electrons. The van der Waals surface area contributed by atoms with Crippen LogP contribution in [0.3, 0.4) is 0 Å². The standard InChI is InChI=1S/C22H27F2N3O3S/c1-26(2)21(17-4-3-5-19(24)14-17)15-25-22(28)16-10-12-27(13-11-16)31(29,30)20-8-6-18(23)7-9-20/h3-9,14,16,21H,10-13,15H2,1-2H3,(H,25,28). The van der Waals surface area contributed by atoms with Crippen molar-refractivity contribution < 1.29 is 22.0 Å². The van der Waals surface area contributed by atoms with Crippen LogP contribution >= 0.6 is 0 Å². The van der Waals surface area contributed by atoms with Crippen molar-refractivity contribution >= 4 is 15.9 Å². The quantitative estimate of drug-likeness (QED) is 0.703. The molecule has 1 amide bonds. The Kier molecular flexibility index (Phi) is 7.40. The smallest absolute Gasteiger partial charge is 0.243 e. The number of rotatable bonds is 7. The number of likely N-dealkylation sites (N-methyl/N-ethyl adjacent to an activating group) is 1. The maximum absolute atomic E-state index is 13.6. The number of carbonyl (C=O) groups is 1. The van der Waals surface area contributed by atoms with Gasteiger partial charge in [-0.05, 0) is 68.9 Å². The summed E-state index contributed by atoms with van der Waals surface area (Å²) in [6, 6.07) is 10.8. The SMILES string of the molecule is CN(C)C(CNC(=O)C1CCN(S(=O)(=O)c2ccc(F)cc2)CC1)c1cccc(F)c1. The summed E-state index contributed by atoms with van der Waals surface area (Å²) in [5.74, 6) is -1.26. The molecule has 1 N–H and O–H groups in total. The van der Waals surface area contributed by atoms with Crippen molar-refractivity contribution in [2.45, 2.75) is 23.8 Å². The summed E-state index contributed by atoms with van der Waals surface area (Å²) in [7, 11) is 0.0110. The molecule has 1 aliphatic rings. The summed E-state index contributed by atoms with van der Waals surface area (Å²) >= 11 is 0. The Bertz CT molecular complexity index is 1000. The van der Waals surface area contributed by atoms with Crippen molar-refractivity contribution in [2.75, 3.05) is 33.7 Å². The Morgan fingerprint density at radius 1 is 1.10 bits per heavy atom. The molecular weight excluding hydrogens is 424 g/mol. The predicted octanol–water partition coefficient (Wildman–Crippen LogP) is 2.78. The maximum Gasteiger partial charge on any atom is 0.243 e. The number of sulfonamides is 1. The highest BCUT2D eigenvalue weighted by Crippen LogP contribution is 2.25. The van der Waals surface area contributed by atoms with E-state index in [9.17, 15) is 22.0 Å². The van der Waals surface area contributed by atoms with Crippen molar-refractivity contribution in [1.82, 2.24) is 14.5 Å². The number of piperidine rings is 1. The first-order valence-electron chi connectivity index (χ1n) is 10.1. The molecule has 1 aliphatic heterocycles. The predicted molar refractivity (Wildman–Crippen MR) is 114 cm³/mol. The van der Waals surface area contributed by atoms with Gasteiger partial charge in [-0.1, -0.05) is 12.1 Å². The third kappa shape index (κ3) is 5.66. The summed E-state index contributed by atoms with van der Waals surface area (Å²) in [6.07, 6.45) is 0.803. The highest BCUT2D eigenvalue weighted by molar-refractivity contribution is 7.89. The van der Waals surface area contributed by atoms with Gasteiger partial charge in [-0.3, -0.25) is 4.79 Å². The van der Waals surface area contributed by atoms with E-state index in [1.54, 1.807) is 6.07 Å². The Morgan fingerprint density at radius 2 is 1.74 bits per heavy atom. The van der Waals surface area contributed by atoms with Gasteiger partial charge < -0.3 is 10.2 Å². The number of hydrogen-bond donors (Lipinski definition) is 1. The molecule has 6 nitrogen and oxygen atoms in total. The number of halogens is 2. The van der Waals surface area contributed by atoms with Crippen LogP contribution in [0.5, 0.6) is 0 Å². The molecule has 0 spiro atoms. The third-order valence-corrected chi connectivity index (χ3v) is 7.52. The first-order valence-corrected chi connectivity index (χ1v) is 11.6. The Labute approximate surface area is 181 Å². The zero-order valence-electron chi connectivity index (χ0n) is 17.6. The van der Waals surface area contributed by atoms with E-state index < -0.39 is 15.8 Å². The normalized spacial score (nSPS) is 16.9. The Hall–Kier alpha value is -2.36. The molecule has 0 bridgehead atoms. The average Bonchev–Trinajstić information content (AvgIpc) is 2.74. The number of amides is 1. The van der Waals surface area contributed by atoms with Crippen LogP contribution in [0.2, 0.25) is 0 Å². The van der Waals surface area contributed by atoms with E-state index >= 15 is 0 Å². The molecule has 1 saturated heterocycles. The van der Waals surface area contributed by atoms with Crippen LogP contribution in [-0.4, -0.2) is 57.3 Å². The highest BCUT2D eigenvalue weighted by atomic mass is 32.2. The molecule has 1 unspecified atom stereocenters. The molecule has 1 heterocycles. The lowest BCUT2D eigenvalue weighted by Gasteiger charge is -2.31. The monoisotopic (exact) mass is 451 g/mol. The zero-order valence-corrected chi connectivity index (χ0v) is 18.4. The van der Waals surface area contributed by atoms with Crippen molar-refractivity contribution in [3.63, 3.8) is 0 Å². The zero-order chi connectivity index (χ0) is 22.6. The van der Waals surface area contributed by atoms with Crippen LogP contribution in [-0.2, 0) is 14.8 Å². The summed E-state index contributed by atoms with van der Waals surface area (Å²) in [6.45, 7) is 0.765. The van der Waals surface area contributed by atoms with Crippen molar-refractivity contribution in [1.29, 1.82) is 0 Å². The van der Waals surface area contributed by atoms with E-state index in [2.05, 4.69) is 5.32 Å². The van der Waals surface area contributed by atoms with Gasteiger partial charge in [-0.15, -0.1) is 0 Å². The molecular formula is C22H27F2N3O3S. The molecule has 2 aromatic rings. The van der Waals surface area contributed by atoms with Crippen molar-refractivity contribution in [3.05, 3.63) is 65.7 Å². The van der Waals surface area contributed by atoms with E-state index in [0.29, 0.717) is 19.4 Å². The van der Waals surface area contributed by atoms with Crippen LogP contribution in [0.15, 0.2) is 53.4 Å². The van der Waals surface area contributed by atoms with E-state index in [0.717, 1.165) is 17.7 Å². The second-order valence-corrected chi connectivity index (χ2v) is 9.85. The fourth-order valence-electron chi connectivity index (χ4n) is 3.77. The van der Waals surface area contributed by atoms with Crippen LogP contribution in [0.1, 0.15) is 24.4 Å². The van der Waals surface area contributed by atoms with E-state index in [1.165, 1.54) is 28.6 Å². The lowest BCUT2D eigenvalue weighted by molar-refractivity contribution is -0.126. The fraction of sp³-hybridized carbons (Fsp3) is 0.409. The summed E-state index contributed by atoms with van der Waals surface area (Å²) in [4.78, 5) is 14.6. The largest absolute Gasteiger partial charge is 0.354 e. The summed E-state index contributed by atoms with van der Waals surface area (Å²) < 4.78 is 53.4. The molecule has 2 aromatic carbocycles. The maximum atomic E-state index is 13.6. The summed E-state index contributed by atoms with van der Waals surface area (Å²) in [5, 5.41) is 2.93. The lowest BCUT2D eigenvalue weighted by atomic mass is 9.97. The second kappa shape index (κ2) is 9.84. The van der Waals surface area contributed by atoms with Crippen LogP contribution in [0.4, 0.5) is 8.78 Å². The molecule has 1 atom stereocenters. The van der Waals surface area contributed by atoms with Gasteiger partial charge in [-0.25, -0.2) is 17.2 Å². The number of nitrogens with zero attached hydrogens (tertiary/aromatic N) is 2. The van der Waals surface area contributed by atoms with Gasteiger partial charge in [0.1, 0.15) is 11.6 Å². The van der Waals surface area contributed by atoms with E-state index in [4.69, 9.17) is 0 Å². The minimum absolute atomic E-state index is 0.0423. The number of nitrogens with one attached hydrogen (secondary N) is 1. The van der Waals surface area contributed by atoms with Gasteiger partial charge >= 0.3 is 0 Å². The lowest BCUT2D eigenvalue weighted by Crippen LogP contribution is -2.44. The van der Waals surface area contributed by atoms with Gasteiger partial charge in [0.15, 0.2) is 0 Å². The highest BCUT2D eigenvalue weighted by Gasteiger charge is 2.32. The molecule has 0 aromatic heterocycles. The first-order chi connectivity index (χ1) is 14.7. The molecule has 9 heteroatoms. The number of hydrogen-bond acceptors (Lipinski definition) is 4. The molecule has 31 heavy (non-hydrogen) atoms. The van der Waals surface area contributed by atoms with Crippen molar-refractivity contribution in [3.8, 4) is 0 Å². The summed E-state index contributed by atoms with van der Waals surface area (Å²) in [5.41, 5.74) is 0.769. The number of carbonyl (C=O) groups excluding carboxylic acids is 1. The van der Waals surface area contributed by atoms with Crippen LogP contribution in [0.25, 0.3) is 0 Å².